The summed E-state index contributed by atoms with van der Waals surface area (Å²) in [7, 11) is 1.61. The number of methoxy groups -OCH3 is 1. The molecule has 0 unspecified atom stereocenters. The van der Waals surface area contributed by atoms with Gasteiger partial charge in [0.05, 0.1) is 13.7 Å². The Balaban J connectivity index is 3.02. The minimum absolute atomic E-state index is 0.0650. The van der Waals surface area contributed by atoms with Crippen molar-refractivity contribution in [3.63, 3.8) is 0 Å². The molecule has 0 fully saturated rings. The highest BCUT2D eigenvalue weighted by Gasteiger charge is 1.99. The van der Waals surface area contributed by atoms with Crippen molar-refractivity contribution in [1.82, 2.24) is 0 Å². The van der Waals surface area contributed by atoms with Crippen LogP contribution in [-0.2, 0) is 6.61 Å². The lowest BCUT2D eigenvalue weighted by atomic mass is 10.2. The number of rotatable bonds is 2. The topological polar surface area (TPSA) is 29.5 Å². The van der Waals surface area contributed by atoms with Crippen molar-refractivity contribution < 1.29 is 9.84 Å². The van der Waals surface area contributed by atoms with Gasteiger partial charge >= 0.3 is 0 Å². The molecule has 0 saturated carbocycles. The second kappa shape index (κ2) is 3.92. The molecule has 0 saturated heterocycles. The van der Waals surface area contributed by atoms with Crippen molar-refractivity contribution in [2.45, 2.75) is 6.61 Å². The van der Waals surface area contributed by atoms with Gasteiger partial charge in [0.2, 0.25) is 0 Å². The number of hydrogen-bond acceptors (Lipinski definition) is 2. The maximum atomic E-state index is 8.88. The molecule has 11 heavy (non-hydrogen) atoms. The van der Waals surface area contributed by atoms with Crippen LogP contribution in [-0.4, -0.2) is 12.2 Å². The van der Waals surface area contributed by atoms with Gasteiger partial charge in [-0.05, 0) is 46.4 Å². The zero-order chi connectivity index (χ0) is 8.27. The Morgan fingerprint density at radius 3 is 2.82 bits per heavy atom. The summed E-state index contributed by atoms with van der Waals surface area (Å²) in [5, 5.41) is 8.88. The van der Waals surface area contributed by atoms with Gasteiger partial charge in [-0.1, -0.05) is 0 Å². The van der Waals surface area contributed by atoms with Gasteiger partial charge in [0.25, 0.3) is 0 Å². The second-order valence-electron chi connectivity index (χ2n) is 2.12. The summed E-state index contributed by atoms with van der Waals surface area (Å²) in [6, 6.07) is 5.63. The zero-order valence-corrected chi connectivity index (χ0v) is 8.33. The first kappa shape index (κ1) is 8.80. The second-order valence-corrected chi connectivity index (χ2v) is 3.28. The summed E-state index contributed by atoms with van der Waals surface area (Å²) in [5.41, 5.74) is 0.907. The highest BCUT2D eigenvalue weighted by Crippen LogP contribution is 2.18. The van der Waals surface area contributed by atoms with Crippen LogP contribution in [0.15, 0.2) is 18.2 Å². The van der Waals surface area contributed by atoms with Crippen molar-refractivity contribution >= 4 is 22.6 Å². The lowest BCUT2D eigenvalue weighted by Crippen LogP contribution is -1.90. The van der Waals surface area contributed by atoms with Crippen LogP contribution in [0, 0.1) is 3.57 Å². The molecular formula is C8H9IO2. The van der Waals surface area contributed by atoms with E-state index in [2.05, 4.69) is 22.6 Å². The van der Waals surface area contributed by atoms with E-state index in [0.29, 0.717) is 0 Å². The molecule has 0 heterocycles. The maximum Gasteiger partial charge on any atom is 0.119 e. The van der Waals surface area contributed by atoms with E-state index in [1.807, 2.05) is 18.2 Å². The number of ether oxygens (including phenoxy) is 1. The van der Waals surface area contributed by atoms with Crippen molar-refractivity contribution in [2.75, 3.05) is 7.11 Å². The van der Waals surface area contributed by atoms with Gasteiger partial charge in [-0.3, -0.25) is 0 Å². The van der Waals surface area contributed by atoms with Gasteiger partial charge in [-0.25, -0.2) is 0 Å². The molecule has 1 N–H and O–H groups in total. The van der Waals surface area contributed by atoms with E-state index in [9.17, 15) is 0 Å². The quantitative estimate of drug-likeness (QED) is 0.825. The summed E-state index contributed by atoms with van der Waals surface area (Å²) in [6.45, 7) is 0.0650. The average molecular weight is 264 g/mol. The van der Waals surface area contributed by atoms with Crippen LogP contribution >= 0.6 is 22.6 Å². The van der Waals surface area contributed by atoms with Crippen molar-refractivity contribution in [1.29, 1.82) is 0 Å². The first-order valence-electron chi connectivity index (χ1n) is 3.21. The Kier molecular flexibility index (Phi) is 3.14. The zero-order valence-electron chi connectivity index (χ0n) is 6.17. The standard InChI is InChI=1S/C8H9IO2/c1-11-7-2-3-8(9)6(4-7)5-10/h2-4,10H,5H2,1H3. The number of hydrogen-bond donors (Lipinski definition) is 1. The molecule has 2 nitrogen and oxygen atoms in total. The van der Waals surface area contributed by atoms with Crippen LogP contribution in [0.25, 0.3) is 0 Å². The molecule has 0 aromatic heterocycles. The van der Waals surface area contributed by atoms with Crippen LogP contribution < -0.4 is 4.74 Å². The molecule has 0 aliphatic rings. The number of halogens is 1. The fourth-order valence-electron chi connectivity index (χ4n) is 0.799. The van der Waals surface area contributed by atoms with Gasteiger partial charge in [0.15, 0.2) is 0 Å². The van der Waals surface area contributed by atoms with Crippen LogP contribution in [0.1, 0.15) is 5.56 Å². The number of benzene rings is 1. The van der Waals surface area contributed by atoms with Gasteiger partial charge < -0.3 is 9.84 Å². The Morgan fingerprint density at radius 1 is 1.55 bits per heavy atom. The molecule has 0 aliphatic carbocycles. The Morgan fingerprint density at radius 2 is 2.27 bits per heavy atom. The summed E-state index contributed by atoms with van der Waals surface area (Å²) in [4.78, 5) is 0. The molecule has 1 aromatic carbocycles. The maximum absolute atomic E-state index is 8.88. The highest BCUT2D eigenvalue weighted by atomic mass is 127. The van der Waals surface area contributed by atoms with E-state index in [4.69, 9.17) is 9.84 Å². The van der Waals surface area contributed by atoms with E-state index in [0.717, 1.165) is 14.9 Å². The molecule has 0 spiro atoms. The Hall–Kier alpha value is -0.290. The third-order valence-corrected chi connectivity index (χ3v) is 2.48. The third-order valence-electron chi connectivity index (χ3n) is 1.42. The van der Waals surface area contributed by atoms with Gasteiger partial charge in [-0.2, -0.15) is 0 Å². The summed E-state index contributed by atoms with van der Waals surface area (Å²) in [5.74, 6) is 0.787. The smallest absolute Gasteiger partial charge is 0.119 e. The molecule has 60 valence electrons. The third kappa shape index (κ3) is 2.07. The molecule has 1 aromatic rings. The molecule has 0 amide bonds. The largest absolute Gasteiger partial charge is 0.497 e. The summed E-state index contributed by atoms with van der Waals surface area (Å²) in [6.07, 6.45) is 0. The van der Waals surface area contributed by atoms with E-state index in [1.54, 1.807) is 7.11 Å². The van der Waals surface area contributed by atoms with E-state index < -0.39 is 0 Å². The van der Waals surface area contributed by atoms with E-state index in [-0.39, 0.29) is 6.61 Å². The van der Waals surface area contributed by atoms with Crippen molar-refractivity contribution in [2.24, 2.45) is 0 Å². The minimum atomic E-state index is 0.0650. The lowest BCUT2D eigenvalue weighted by Gasteiger charge is -2.03. The summed E-state index contributed by atoms with van der Waals surface area (Å²) < 4.78 is 6.06. The fraction of sp³-hybridized carbons (Fsp3) is 0.250. The molecule has 0 aliphatic heterocycles. The molecule has 0 radical (unpaired) electrons. The minimum Gasteiger partial charge on any atom is -0.497 e. The molecule has 0 bridgehead atoms. The molecular weight excluding hydrogens is 255 g/mol. The predicted octanol–water partition coefficient (Wildman–Crippen LogP) is 1.79. The average Bonchev–Trinajstić information content (AvgIpc) is 2.05. The number of aliphatic hydroxyl groups excluding tert-OH is 1. The fourth-order valence-corrected chi connectivity index (χ4v) is 1.31. The van der Waals surface area contributed by atoms with E-state index in [1.165, 1.54) is 0 Å². The van der Waals surface area contributed by atoms with Crippen molar-refractivity contribution in [3.05, 3.63) is 27.3 Å². The van der Waals surface area contributed by atoms with Gasteiger partial charge in [0, 0.05) is 3.57 Å². The van der Waals surface area contributed by atoms with E-state index >= 15 is 0 Å². The Labute approximate surface area is 79.3 Å². The lowest BCUT2D eigenvalue weighted by molar-refractivity contribution is 0.280. The van der Waals surface area contributed by atoms with Crippen LogP contribution in [0.4, 0.5) is 0 Å². The molecule has 3 heteroatoms. The Bertz CT molecular complexity index is 248. The van der Waals surface area contributed by atoms with Crippen LogP contribution in [0.5, 0.6) is 5.75 Å². The SMILES string of the molecule is COc1ccc(I)c(CO)c1. The molecule has 0 atom stereocenters. The first-order chi connectivity index (χ1) is 5.27. The summed E-state index contributed by atoms with van der Waals surface area (Å²) >= 11 is 2.18. The van der Waals surface area contributed by atoms with Crippen molar-refractivity contribution in [3.8, 4) is 5.75 Å². The van der Waals surface area contributed by atoms with Gasteiger partial charge in [0.1, 0.15) is 5.75 Å². The highest BCUT2D eigenvalue weighted by molar-refractivity contribution is 14.1. The normalized spacial score (nSPS) is 9.73. The first-order valence-corrected chi connectivity index (χ1v) is 4.29. The predicted molar refractivity (Wildman–Crippen MR) is 51.6 cm³/mol. The monoisotopic (exact) mass is 264 g/mol. The van der Waals surface area contributed by atoms with Gasteiger partial charge in [-0.15, -0.1) is 0 Å². The van der Waals surface area contributed by atoms with Crippen LogP contribution in [0.2, 0.25) is 0 Å². The molecule has 1 rings (SSSR count). The van der Waals surface area contributed by atoms with Crippen LogP contribution in [0.3, 0.4) is 0 Å². The number of aliphatic hydroxyl groups is 1.